The van der Waals surface area contributed by atoms with Crippen LogP contribution in [0.4, 0.5) is 5.69 Å². The monoisotopic (exact) mass is 552 g/mol. The highest BCUT2D eigenvalue weighted by Crippen LogP contribution is 2.16. The number of carbonyl (C=O) groups is 3. The summed E-state index contributed by atoms with van der Waals surface area (Å²) in [5, 5.41) is 38.3. The lowest BCUT2D eigenvalue weighted by Crippen LogP contribution is -2.49. The summed E-state index contributed by atoms with van der Waals surface area (Å²) >= 11 is 5.35. The van der Waals surface area contributed by atoms with Crippen molar-refractivity contribution >= 4 is 40.9 Å². The van der Waals surface area contributed by atoms with Gasteiger partial charge in [-0.25, -0.2) is 0 Å². The maximum absolute atomic E-state index is 11.7. The van der Waals surface area contributed by atoms with E-state index in [-0.39, 0.29) is 25.7 Å². The zero-order valence-corrected chi connectivity index (χ0v) is 22.9. The molecule has 6 N–H and O–H groups in total. The molecule has 1 heterocycles. The predicted molar refractivity (Wildman–Crippen MR) is 149 cm³/mol. The van der Waals surface area contributed by atoms with Crippen LogP contribution in [0.25, 0.3) is 0 Å². The summed E-state index contributed by atoms with van der Waals surface area (Å²) in [7, 11) is 0. The number of aliphatic carboxylic acids is 3. The third kappa shape index (κ3) is 12.6. The van der Waals surface area contributed by atoms with Gasteiger partial charge in [0, 0.05) is 63.6 Å². The van der Waals surface area contributed by atoms with Crippen molar-refractivity contribution in [2.24, 2.45) is 0 Å². The molecule has 2 rings (SSSR count). The summed E-state index contributed by atoms with van der Waals surface area (Å²) in [6.07, 6.45) is 0.506. The molecule has 13 heteroatoms. The Bertz CT molecular complexity index is 931. The van der Waals surface area contributed by atoms with Gasteiger partial charge in [0.1, 0.15) is 0 Å². The fourth-order valence-electron chi connectivity index (χ4n) is 4.32. The minimum atomic E-state index is -0.993. The second kappa shape index (κ2) is 16.2. The summed E-state index contributed by atoms with van der Waals surface area (Å²) in [5.41, 5.74) is 1.78. The highest BCUT2D eigenvalue weighted by Gasteiger charge is 2.27. The number of carboxylic acids is 3. The number of hydrogen-bond acceptors (Lipinski definition) is 8. The third-order valence-corrected chi connectivity index (χ3v) is 6.37. The zero-order valence-electron chi connectivity index (χ0n) is 22.1. The van der Waals surface area contributed by atoms with E-state index in [0.717, 1.165) is 17.8 Å². The van der Waals surface area contributed by atoms with Crippen LogP contribution in [-0.2, 0) is 20.8 Å². The van der Waals surface area contributed by atoms with E-state index in [2.05, 4.69) is 29.8 Å². The molecule has 1 aliphatic rings. The quantitative estimate of drug-likeness (QED) is 0.144. The first-order valence-corrected chi connectivity index (χ1v) is 13.1. The Morgan fingerprint density at radius 2 is 1.47 bits per heavy atom. The topological polar surface area (TPSA) is 158 Å². The minimum absolute atomic E-state index is 0.189. The lowest BCUT2D eigenvalue weighted by Gasteiger charge is -2.33. The molecule has 0 bridgehead atoms. The van der Waals surface area contributed by atoms with Crippen LogP contribution in [0.1, 0.15) is 19.4 Å². The van der Waals surface area contributed by atoms with Crippen LogP contribution in [-0.4, -0.2) is 131 Å². The van der Waals surface area contributed by atoms with Crippen molar-refractivity contribution in [2.75, 3.05) is 70.8 Å². The SMILES string of the molecule is CC(C)NCCNC(=S)Nc1ccc(CC2CN(CC(=O)O)CCN(CC(=O)O)CCN2CC(=O)O)cc1. The lowest BCUT2D eigenvalue weighted by atomic mass is 10.0. The van der Waals surface area contributed by atoms with Gasteiger partial charge in [0.15, 0.2) is 5.11 Å². The summed E-state index contributed by atoms with van der Waals surface area (Å²) in [6, 6.07) is 7.81. The van der Waals surface area contributed by atoms with Crippen LogP contribution in [0.2, 0.25) is 0 Å². The van der Waals surface area contributed by atoms with Gasteiger partial charge in [-0.2, -0.15) is 0 Å². The number of thiocarbonyl (C=S) groups is 1. The van der Waals surface area contributed by atoms with E-state index in [1.165, 1.54) is 0 Å². The fraction of sp³-hybridized carbons (Fsp3) is 0.600. The summed E-state index contributed by atoms with van der Waals surface area (Å²) in [6.45, 7) is 6.85. The zero-order chi connectivity index (χ0) is 28.1. The van der Waals surface area contributed by atoms with E-state index < -0.39 is 17.9 Å². The molecule has 1 aromatic carbocycles. The lowest BCUT2D eigenvalue weighted by molar-refractivity contribution is -0.140. The molecule has 1 aromatic rings. The number of benzene rings is 1. The Balaban J connectivity index is 2.11. The molecule has 212 valence electrons. The van der Waals surface area contributed by atoms with Crippen molar-refractivity contribution in [1.82, 2.24) is 25.3 Å². The number of nitrogens with zero attached hydrogens (tertiary/aromatic N) is 3. The first-order valence-electron chi connectivity index (χ1n) is 12.7. The van der Waals surface area contributed by atoms with Gasteiger partial charge < -0.3 is 31.3 Å². The summed E-state index contributed by atoms with van der Waals surface area (Å²) in [5.74, 6) is -2.96. The van der Waals surface area contributed by atoms with Gasteiger partial charge >= 0.3 is 17.9 Å². The molecular weight excluding hydrogens is 512 g/mol. The standard InChI is InChI=1S/C25H40N6O6S/c1-18(2)26-7-8-27-25(38)28-20-5-3-19(4-6-20)13-21-14-30(16-23(34)35)10-9-29(15-22(32)33)11-12-31(21)17-24(36)37/h3-6,18,21,26H,7-17H2,1-2H3,(H,32,33)(H,34,35)(H,36,37)(H2,27,28,38). The number of anilines is 1. The third-order valence-electron chi connectivity index (χ3n) is 6.12. The molecule has 1 saturated heterocycles. The van der Waals surface area contributed by atoms with E-state index in [9.17, 15) is 29.7 Å². The number of carboxylic acid groups (broad SMARTS) is 3. The van der Waals surface area contributed by atoms with Crippen molar-refractivity contribution < 1.29 is 29.7 Å². The molecule has 12 nitrogen and oxygen atoms in total. The van der Waals surface area contributed by atoms with E-state index >= 15 is 0 Å². The van der Waals surface area contributed by atoms with Crippen LogP contribution >= 0.6 is 12.2 Å². The average Bonchev–Trinajstić information content (AvgIpc) is 2.88. The van der Waals surface area contributed by atoms with Gasteiger partial charge in [0.2, 0.25) is 0 Å². The van der Waals surface area contributed by atoms with Crippen molar-refractivity contribution in [3.8, 4) is 0 Å². The van der Waals surface area contributed by atoms with Gasteiger partial charge in [-0.05, 0) is 36.3 Å². The molecule has 1 aliphatic heterocycles. The Hall–Kier alpha value is -2.84. The van der Waals surface area contributed by atoms with Crippen LogP contribution in [0, 0.1) is 0 Å². The van der Waals surface area contributed by atoms with Gasteiger partial charge in [-0.1, -0.05) is 26.0 Å². The van der Waals surface area contributed by atoms with Gasteiger partial charge in [0.05, 0.1) is 19.6 Å². The highest BCUT2D eigenvalue weighted by molar-refractivity contribution is 7.80. The van der Waals surface area contributed by atoms with Crippen molar-refractivity contribution in [3.05, 3.63) is 29.8 Å². The number of hydrogen-bond donors (Lipinski definition) is 6. The average molecular weight is 553 g/mol. The Morgan fingerprint density at radius 1 is 0.895 bits per heavy atom. The molecule has 1 unspecified atom stereocenters. The smallest absolute Gasteiger partial charge is 0.317 e. The van der Waals surface area contributed by atoms with Crippen LogP contribution < -0.4 is 16.0 Å². The molecular formula is C25H40N6O6S. The molecule has 0 aromatic heterocycles. The molecule has 0 amide bonds. The van der Waals surface area contributed by atoms with Crippen LogP contribution in [0.15, 0.2) is 24.3 Å². The molecule has 0 saturated carbocycles. The van der Waals surface area contributed by atoms with Gasteiger partial charge in [-0.3, -0.25) is 29.1 Å². The van der Waals surface area contributed by atoms with Crippen molar-refractivity contribution in [1.29, 1.82) is 0 Å². The molecule has 1 fully saturated rings. The Labute approximate surface area is 229 Å². The van der Waals surface area contributed by atoms with E-state index in [4.69, 9.17) is 12.2 Å². The predicted octanol–water partition coefficient (Wildman–Crippen LogP) is 0.0555. The molecule has 0 spiro atoms. The molecule has 0 radical (unpaired) electrons. The van der Waals surface area contributed by atoms with Gasteiger partial charge in [0.25, 0.3) is 0 Å². The Kier molecular flexibility index (Phi) is 13.4. The maximum atomic E-state index is 11.7. The number of rotatable bonds is 13. The second-order valence-electron chi connectivity index (χ2n) is 9.71. The van der Waals surface area contributed by atoms with E-state index in [1.54, 1.807) is 14.7 Å². The van der Waals surface area contributed by atoms with E-state index in [1.807, 2.05) is 24.3 Å². The van der Waals surface area contributed by atoms with Gasteiger partial charge in [-0.15, -0.1) is 0 Å². The van der Waals surface area contributed by atoms with Crippen LogP contribution in [0.5, 0.6) is 0 Å². The molecule has 0 aliphatic carbocycles. The minimum Gasteiger partial charge on any atom is -0.480 e. The second-order valence-corrected chi connectivity index (χ2v) is 10.1. The van der Waals surface area contributed by atoms with Crippen LogP contribution in [0.3, 0.4) is 0 Å². The van der Waals surface area contributed by atoms with Crippen molar-refractivity contribution in [2.45, 2.75) is 32.4 Å². The normalized spacial score (nSPS) is 17.8. The largest absolute Gasteiger partial charge is 0.480 e. The molecule has 1 atom stereocenters. The maximum Gasteiger partial charge on any atom is 0.317 e. The fourth-order valence-corrected chi connectivity index (χ4v) is 4.54. The number of nitrogens with one attached hydrogen (secondary N) is 3. The van der Waals surface area contributed by atoms with E-state index in [0.29, 0.717) is 56.8 Å². The van der Waals surface area contributed by atoms with Crippen molar-refractivity contribution in [3.63, 3.8) is 0 Å². The highest BCUT2D eigenvalue weighted by atomic mass is 32.1. The first-order chi connectivity index (χ1) is 18.0. The summed E-state index contributed by atoms with van der Waals surface area (Å²) in [4.78, 5) is 39.7. The molecule has 38 heavy (non-hydrogen) atoms. The summed E-state index contributed by atoms with van der Waals surface area (Å²) < 4.78 is 0. The first kappa shape index (κ1) is 31.4. The Morgan fingerprint density at radius 3 is 2.08 bits per heavy atom.